The number of thiazole rings is 1. The van der Waals surface area contributed by atoms with Gasteiger partial charge in [-0.05, 0) is 24.3 Å². The Morgan fingerprint density at radius 2 is 1.88 bits per heavy atom. The van der Waals surface area contributed by atoms with Gasteiger partial charge in [-0.15, -0.1) is 23.1 Å². The zero-order valence-electron chi connectivity index (χ0n) is 12.8. The number of nitrogens with zero attached hydrogens (tertiary/aromatic N) is 2. The van der Waals surface area contributed by atoms with Crippen molar-refractivity contribution in [2.75, 3.05) is 12.8 Å². The summed E-state index contributed by atoms with van der Waals surface area (Å²) in [5.41, 5.74) is 0.968. The molecule has 1 heterocycles. The Hall–Kier alpha value is -1.27. The number of rotatable bonds is 5. The molecule has 0 spiro atoms. The maximum absolute atomic E-state index is 12.4. The van der Waals surface area contributed by atoms with Crippen LogP contribution in [0.5, 0.6) is 0 Å². The van der Waals surface area contributed by atoms with Crippen LogP contribution in [-0.4, -0.2) is 28.6 Å². The molecule has 0 fully saturated rings. The van der Waals surface area contributed by atoms with Crippen molar-refractivity contribution in [3.8, 4) is 0 Å². The zero-order chi connectivity index (χ0) is 17.1. The summed E-state index contributed by atoms with van der Waals surface area (Å²) in [6.45, 7) is 0.495. The monoisotopic (exact) mass is 396 g/mol. The Labute approximate surface area is 158 Å². The molecule has 24 heavy (non-hydrogen) atoms. The maximum atomic E-state index is 12.4. The molecule has 1 aromatic heterocycles. The van der Waals surface area contributed by atoms with Crippen molar-refractivity contribution in [2.45, 2.75) is 11.4 Å². The summed E-state index contributed by atoms with van der Waals surface area (Å²) >= 11 is 15.2. The summed E-state index contributed by atoms with van der Waals surface area (Å²) in [4.78, 5) is 19.3. The van der Waals surface area contributed by atoms with E-state index in [0.29, 0.717) is 16.6 Å². The Morgan fingerprint density at radius 1 is 1.17 bits per heavy atom. The van der Waals surface area contributed by atoms with E-state index in [1.165, 1.54) is 11.8 Å². The fraction of sp³-hybridized carbons (Fsp3) is 0.176. The Bertz CT molecular complexity index is 829. The van der Waals surface area contributed by atoms with E-state index in [4.69, 9.17) is 23.2 Å². The molecule has 3 aromatic rings. The first-order valence-corrected chi connectivity index (χ1v) is 9.75. The number of thioether (sulfide) groups is 1. The van der Waals surface area contributed by atoms with E-state index in [0.717, 1.165) is 20.1 Å². The van der Waals surface area contributed by atoms with Gasteiger partial charge in [0.15, 0.2) is 0 Å². The number of amides is 1. The molecule has 124 valence electrons. The van der Waals surface area contributed by atoms with Crippen LogP contribution in [0.4, 0.5) is 0 Å². The first-order chi connectivity index (χ1) is 11.5. The number of halogens is 2. The number of hydrogen-bond acceptors (Lipinski definition) is 4. The molecule has 0 bridgehead atoms. The molecular formula is C17H14Cl2N2OS2. The second kappa shape index (κ2) is 7.74. The van der Waals surface area contributed by atoms with E-state index in [1.54, 1.807) is 41.5 Å². The number of fused-ring (bicyclic) bond motifs is 1. The average Bonchev–Trinajstić information content (AvgIpc) is 2.96. The standard InChI is InChI=1S/C17H14Cl2N2OS2/c1-21(9-15-20-13-7-2-3-8-14(13)24-15)16(22)10-23-17-11(18)5-4-6-12(17)19/h2-8H,9-10H2,1H3. The molecule has 0 radical (unpaired) electrons. The van der Waals surface area contributed by atoms with Crippen LogP contribution >= 0.6 is 46.3 Å². The van der Waals surface area contributed by atoms with Crippen molar-refractivity contribution in [3.63, 3.8) is 0 Å². The van der Waals surface area contributed by atoms with Gasteiger partial charge in [-0.2, -0.15) is 0 Å². The zero-order valence-corrected chi connectivity index (χ0v) is 16.0. The van der Waals surface area contributed by atoms with Gasteiger partial charge in [0, 0.05) is 11.9 Å². The van der Waals surface area contributed by atoms with Crippen molar-refractivity contribution in [1.29, 1.82) is 0 Å². The highest BCUT2D eigenvalue weighted by Crippen LogP contribution is 2.34. The lowest BCUT2D eigenvalue weighted by Crippen LogP contribution is -2.27. The van der Waals surface area contributed by atoms with Crippen molar-refractivity contribution in [3.05, 3.63) is 57.5 Å². The minimum absolute atomic E-state index is 0.00948. The summed E-state index contributed by atoms with van der Waals surface area (Å²) in [7, 11) is 1.78. The molecule has 3 nitrogen and oxygen atoms in total. The van der Waals surface area contributed by atoms with Gasteiger partial charge in [-0.25, -0.2) is 4.98 Å². The number of carbonyl (C=O) groups is 1. The lowest BCUT2D eigenvalue weighted by molar-refractivity contribution is -0.127. The van der Waals surface area contributed by atoms with Crippen LogP contribution in [0, 0.1) is 0 Å². The molecule has 0 aliphatic rings. The van der Waals surface area contributed by atoms with E-state index < -0.39 is 0 Å². The first kappa shape index (κ1) is 17.5. The molecule has 7 heteroatoms. The lowest BCUT2D eigenvalue weighted by Gasteiger charge is -2.15. The third kappa shape index (κ3) is 4.03. The number of hydrogen-bond donors (Lipinski definition) is 0. The molecule has 1 amide bonds. The summed E-state index contributed by atoms with van der Waals surface area (Å²) in [5, 5.41) is 2.05. The van der Waals surface area contributed by atoms with Crippen LogP contribution in [0.2, 0.25) is 10.0 Å². The Balaban J connectivity index is 1.62. The molecule has 0 unspecified atom stereocenters. The normalized spacial score (nSPS) is 11.0. The van der Waals surface area contributed by atoms with Crippen LogP contribution in [0.25, 0.3) is 10.2 Å². The van der Waals surface area contributed by atoms with E-state index >= 15 is 0 Å². The highest BCUT2D eigenvalue weighted by Gasteiger charge is 2.14. The summed E-state index contributed by atoms with van der Waals surface area (Å²) in [5.74, 6) is 0.292. The minimum Gasteiger partial charge on any atom is -0.338 e. The third-order valence-electron chi connectivity index (χ3n) is 3.40. The fourth-order valence-corrected chi connectivity index (χ4v) is 4.79. The number of para-hydroxylation sites is 1. The van der Waals surface area contributed by atoms with Crippen LogP contribution < -0.4 is 0 Å². The molecule has 0 atom stereocenters. The van der Waals surface area contributed by atoms with Crippen molar-refractivity contribution in [2.24, 2.45) is 0 Å². The van der Waals surface area contributed by atoms with E-state index in [9.17, 15) is 4.79 Å². The second-order valence-electron chi connectivity index (χ2n) is 5.16. The SMILES string of the molecule is CN(Cc1nc2ccccc2s1)C(=O)CSc1c(Cl)cccc1Cl. The molecule has 0 N–H and O–H groups in total. The van der Waals surface area contributed by atoms with Crippen molar-refractivity contribution in [1.82, 2.24) is 9.88 Å². The van der Waals surface area contributed by atoms with Crippen LogP contribution in [0.15, 0.2) is 47.4 Å². The van der Waals surface area contributed by atoms with Gasteiger partial charge in [-0.3, -0.25) is 4.79 Å². The van der Waals surface area contributed by atoms with Crippen LogP contribution in [-0.2, 0) is 11.3 Å². The van der Waals surface area contributed by atoms with Gasteiger partial charge in [0.05, 0.1) is 32.6 Å². The smallest absolute Gasteiger partial charge is 0.233 e. The predicted molar refractivity (Wildman–Crippen MR) is 103 cm³/mol. The molecule has 0 saturated carbocycles. The minimum atomic E-state index is 0.00948. The van der Waals surface area contributed by atoms with Gasteiger partial charge in [-0.1, -0.05) is 41.4 Å². The van der Waals surface area contributed by atoms with E-state index in [1.807, 2.05) is 24.3 Å². The van der Waals surface area contributed by atoms with Gasteiger partial charge in [0.1, 0.15) is 5.01 Å². The first-order valence-electron chi connectivity index (χ1n) is 7.20. The third-order valence-corrected chi connectivity index (χ3v) is 6.39. The van der Waals surface area contributed by atoms with Gasteiger partial charge >= 0.3 is 0 Å². The van der Waals surface area contributed by atoms with Crippen LogP contribution in [0.1, 0.15) is 5.01 Å². The van der Waals surface area contributed by atoms with Crippen LogP contribution in [0.3, 0.4) is 0 Å². The Kier molecular flexibility index (Phi) is 5.66. The number of aromatic nitrogens is 1. The quantitative estimate of drug-likeness (QED) is 0.544. The van der Waals surface area contributed by atoms with Gasteiger partial charge < -0.3 is 4.90 Å². The maximum Gasteiger partial charge on any atom is 0.233 e. The highest BCUT2D eigenvalue weighted by molar-refractivity contribution is 8.00. The number of benzene rings is 2. The van der Waals surface area contributed by atoms with Crippen molar-refractivity contribution < 1.29 is 4.79 Å². The predicted octanol–water partition coefficient (Wildman–Crippen LogP) is 5.35. The largest absolute Gasteiger partial charge is 0.338 e. The topological polar surface area (TPSA) is 33.2 Å². The molecule has 0 aliphatic heterocycles. The molecule has 0 saturated heterocycles. The van der Waals surface area contributed by atoms with Gasteiger partial charge in [0.2, 0.25) is 5.91 Å². The Morgan fingerprint density at radius 3 is 2.58 bits per heavy atom. The summed E-state index contributed by atoms with van der Waals surface area (Å²) < 4.78 is 1.13. The molecule has 3 rings (SSSR count). The second-order valence-corrected chi connectivity index (χ2v) is 8.08. The fourth-order valence-electron chi connectivity index (χ4n) is 2.14. The summed E-state index contributed by atoms with van der Waals surface area (Å²) in [6.07, 6.45) is 0. The average molecular weight is 397 g/mol. The van der Waals surface area contributed by atoms with E-state index in [-0.39, 0.29) is 11.7 Å². The van der Waals surface area contributed by atoms with Crippen molar-refractivity contribution >= 4 is 62.4 Å². The lowest BCUT2D eigenvalue weighted by atomic mass is 10.3. The highest BCUT2D eigenvalue weighted by atomic mass is 35.5. The summed E-state index contributed by atoms with van der Waals surface area (Å²) in [6, 6.07) is 13.3. The number of carbonyl (C=O) groups excluding carboxylic acids is 1. The molecule has 2 aromatic carbocycles. The molecule has 0 aliphatic carbocycles. The van der Waals surface area contributed by atoms with E-state index in [2.05, 4.69) is 4.98 Å². The molecular weight excluding hydrogens is 383 g/mol. The van der Waals surface area contributed by atoms with Gasteiger partial charge in [0.25, 0.3) is 0 Å².